The molecule has 3 aromatic carbocycles. The maximum absolute atomic E-state index is 12.1. The largest absolute Gasteiger partial charge is 0.493 e. The summed E-state index contributed by atoms with van der Waals surface area (Å²) in [6.07, 6.45) is 1.60. The van der Waals surface area contributed by atoms with Crippen LogP contribution in [-0.4, -0.2) is 30.8 Å². The van der Waals surface area contributed by atoms with Crippen molar-refractivity contribution < 1.29 is 19.2 Å². The first-order valence-electron chi connectivity index (χ1n) is 9.10. The first kappa shape index (κ1) is 22.0. The van der Waals surface area contributed by atoms with Gasteiger partial charge in [0.25, 0.3) is 11.6 Å². The van der Waals surface area contributed by atoms with Crippen LogP contribution in [0.3, 0.4) is 0 Å². The number of rotatable bonds is 8. The quantitative estimate of drug-likeness (QED) is 0.271. The van der Waals surface area contributed by atoms with Crippen LogP contribution in [0.4, 0.5) is 17.1 Å². The Bertz CT molecular complexity index is 1100. The summed E-state index contributed by atoms with van der Waals surface area (Å²) in [5.41, 5.74) is 1.96. The van der Waals surface area contributed by atoms with Gasteiger partial charge in [-0.15, -0.1) is 0 Å². The second-order valence-electron chi connectivity index (χ2n) is 6.27. The molecule has 0 saturated carbocycles. The predicted molar refractivity (Wildman–Crippen MR) is 122 cm³/mol. The number of nitrogens with one attached hydrogen (secondary N) is 1. The van der Waals surface area contributed by atoms with E-state index in [4.69, 9.17) is 9.47 Å². The van der Waals surface area contributed by atoms with Gasteiger partial charge in [-0.3, -0.25) is 19.9 Å². The van der Waals surface area contributed by atoms with Gasteiger partial charge in [0, 0.05) is 24.0 Å². The molecule has 0 aliphatic carbocycles. The summed E-state index contributed by atoms with van der Waals surface area (Å²) in [5.74, 6) is 0.509. The number of carbonyl (C=O) groups is 1. The molecule has 31 heavy (non-hydrogen) atoms. The topological polar surface area (TPSA) is 103 Å². The molecule has 9 heteroatoms. The lowest BCUT2D eigenvalue weighted by atomic mass is 10.2. The average Bonchev–Trinajstić information content (AvgIpc) is 2.77. The van der Waals surface area contributed by atoms with Crippen molar-refractivity contribution in [1.29, 1.82) is 0 Å². The predicted octanol–water partition coefficient (Wildman–Crippen LogP) is 5.13. The summed E-state index contributed by atoms with van der Waals surface area (Å²) in [6.45, 7) is -0.194. The van der Waals surface area contributed by atoms with Gasteiger partial charge in [-0.1, -0.05) is 18.2 Å². The minimum atomic E-state index is -0.464. The van der Waals surface area contributed by atoms with Crippen LogP contribution in [0.5, 0.6) is 11.5 Å². The van der Waals surface area contributed by atoms with Gasteiger partial charge < -0.3 is 14.8 Å². The van der Waals surface area contributed by atoms with Crippen molar-refractivity contribution in [2.24, 2.45) is 4.99 Å². The molecule has 158 valence electrons. The summed E-state index contributed by atoms with van der Waals surface area (Å²) >= 11 is 3.43. The molecule has 0 atom stereocenters. The Morgan fingerprint density at radius 1 is 1.16 bits per heavy atom. The molecule has 0 unspecified atom stereocenters. The number of nitro groups is 1. The van der Waals surface area contributed by atoms with Gasteiger partial charge in [0.1, 0.15) is 0 Å². The fourth-order valence-corrected chi connectivity index (χ4v) is 3.19. The molecular weight excluding hydrogens is 466 g/mol. The Morgan fingerprint density at radius 2 is 1.87 bits per heavy atom. The van der Waals surface area contributed by atoms with Crippen molar-refractivity contribution in [1.82, 2.24) is 0 Å². The molecule has 3 rings (SSSR count). The summed E-state index contributed by atoms with van der Waals surface area (Å²) in [5, 5.41) is 13.5. The molecule has 0 radical (unpaired) electrons. The van der Waals surface area contributed by atoms with Gasteiger partial charge >= 0.3 is 0 Å². The van der Waals surface area contributed by atoms with Crippen LogP contribution in [0.15, 0.2) is 76.2 Å². The lowest BCUT2D eigenvalue weighted by Crippen LogP contribution is -2.20. The van der Waals surface area contributed by atoms with E-state index in [9.17, 15) is 14.9 Å². The third kappa shape index (κ3) is 6.13. The SMILES string of the molecule is COc1cc(C=Nc2ccc([N+](=O)[O-])cc2)cc(Br)c1OCC(=O)Nc1ccccc1. The van der Waals surface area contributed by atoms with Crippen LogP contribution >= 0.6 is 15.9 Å². The number of nitrogens with zero attached hydrogens (tertiary/aromatic N) is 2. The van der Waals surface area contributed by atoms with E-state index in [1.807, 2.05) is 18.2 Å². The molecule has 0 saturated heterocycles. The van der Waals surface area contributed by atoms with Crippen molar-refractivity contribution in [3.63, 3.8) is 0 Å². The van der Waals surface area contributed by atoms with Crippen LogP contribution in [-0.2, 0) is 4.79 Å². The van der Waals surface area contributed by atoms with Gasteiger partial charge in [0.2, 0.25) is 0 Å². The summed E-state index contributed by atoms with van der Waals surface area (Å²) < 4.78 is 11.6. The van der Waals surface area contributed by atoms with E-state index in [0.717, 1.165) is 0 Å². The molecule has 0 bridgehead atoms. The number of non-ortho nitro benzene ring substituents is 1. The van der Waals surface area contributed by atoms with Crippen LogP contribution in [0.25, 0.3) is 0 Å². The molecule has 0 spiro atoms. The van der Waals surface area contributed by atoms with Crippen molar-refractivity contribution in [3.05, 3.63) is 86.9 Å². The van der Waals surface area contributed by atoms with Crippen LogP contribution in [0.1, 0.15) is 5.56 Å². The van der Waals surface area contributed by atoms with E-state index in [1.165, 1.54) is 19.2 Å². The number of anilines is 1. The van der Waals surface area contributed by atoms with E-state index >= 15 is 0 Å². The fourth-order valence-electron chi connectivity index (χ4n) is 2.62. The number of amides is 1. The van der Waals surface area contributed by atoms with Crippen molar-refractivity contribution >= 4 is 45.1 Å². The number of halogens is 1. The molecule has 0 heterocycles. The third-order valence-corrected chi connectivity index (χ3v) is 4.67. The minimum absolute atomic E-state index is 0.00108. The van der Waals surface area contributed by atoms with Gasteiger partial charge in [-0.05, 0) is 57.9 Å². The number of para-hydroxylation sites is 1. The normalized spacial score (nSPS) is 10.6. The number of methoxy groups -OCH3 is 1. The number of nitro benzene ring substituents is 1. The Morgan fingerprint density at radius 3 is 2.52 bits per heavy atom. The summed E-state index contributed by atoms with van der Waals surface area (Å²) in [4.78, 5) is 26.7. The third-order valence-electron chi connectivity index (χ3n) is 4.08. The number of hydrogen-bond acceptors (Lipinski definition) is 6. The highest BCUT2D eigenvalue weighted by Crippen LogP contribution is 2.36. The Kier molecular flexibility index (Phi) is 7.34. The number of carbonyl (C=O) groups excluding carboxylic acids is 1. The molecule has 0 aliphatic heterocycles. The standard InChI is InChI=1S/C22H18BrN3O5/c1-30-20-12-15(13-24-16-7-9-18(10-8-16)26(28)29)11-19(23)22(20)31-14-21(27)25-17-5-3-2-4-6-17/h2-13H,14H2,1H3,(H,25,27). The minimum Gasteiger partial charge on any atom is -0.493 e. The zero-order chi connectivity index (χ0) is 22.2. The highest BCUT2D eigenvalue weighted by molar-refractivity contribution is 9.10. The van der Waals surface area contributed by atoms with Crippen LogP contribution in [0, 0.1) is 10.1 Å². The highest BCUT2D eigenvalue weighted by atomic mass is 79.9. The molecule has 1 amide bonds. The van der Waals surface area contributed by atoms with Crippen molar-refractivity contribution in [2.75, 3.05) is 19.0 Å². The number of aliphatic imine (C=N–C) groups is 1. The van der Waals surface area contributed by atoms with Crippen molar-refractivity contribution in [3.8, 4) is 11.5 Å². The van der Waals surface area contributed by atoms with Gasteiger partial charge in [-0.25, -0.2) is 0 Å². The fraction of sp³-hybridized carbons (Fsp3) is 0.0909. The zero-order valence-corrected chi connectivity index (χ0v) is 18.0. The molecule has 0 aromatic heterocycles. The van der Waals surface area contributed by atoms with Gasteiger partial charge in [-0.2, -0.15) is 0 Å². The number of ether oxygens (including phenoxy) is 2. The van der Waals surface area contributed by atoms with E-state index in [0.29, 0.717) is 32.9 Å². The molecule has 0 fully saturated rings. The number of hydrogen-bond donors (Lipinski definition) is 1. The maximum atomic E-state index is 12.1. The van der Waals surface area contributed by atoms with Gasteiger partial charge in [0.15, 0.2) is 18.1 Å². The molecular formula is C22H18BrN3O5. The molecule has 3 aromatic rings. The Labute approximate surface area is 186 Å². The Hall–Kier alpha value is -3.72. The maximum Gasteiger partial charge on any atom is 0.269 e. The van der Waals surface area contributed by atoms with Gasteiger partial charge in [0.05, 0.1) is 22.2 Å². The first-order chi connectivity index (χ1) is 15.0. The lowest BCUT2D eigenvalue weighted by molar-refractivity contribution is -0.384. The van der Waals surface area contributed by atoms with Crippen LogP contribution < -0.4 is 14.8 Å². The van der Waals surface area contributed by atoms with Crippen LogP contribution in [0.2, 0.25) is 0 Å². The number of benzene rings is 3. The van der Waals surface area contributed by atoms with E-state index in [1.54, 1.807) is 42.6 Å². The second-order valence-corrected chi connectivity index (χ2v) is 7.12. The first-order valence-corrected chi connectivity index (χ1v) is 9.89. The monoisotopic (exact) mass is 483 g/mol. The second kappa shape index (κ2) is 10.4. The summed E-state index contributed by atoms with van der Waals surface area (Å²) in [7, 11) is 1.50. The summed E-state index contributed by atoms with van der Waals surface area (Å²) in [6, 6.07) is 18.5. The van der Waals surface area contributed by atoms with E-state index < -0.39 is 4.92 Å². The van der Waals surface area contributed by atoms with E-state index in [2.05, 4.69) is 26.2 Å². The molecule has 8 nitrogen and oxygen atoms in total. The molecule has 0 aliphatic rings. The van der Waals surface area contributed by atoms with E-state index in [-0.39, 0.29) is 18.2 Å². The zero-order valence-electron chi connectivity index (χ0n) is 16.4. The Balaban J connectivity index is 1.69. The smallest absolute Gasteiger partial charge is 0.269 e. The molecule has 1 N–H and O–H groups in total. The lowest BCUT2D eigenvalue weighted by Gasteiger charge is -2.13. The highest BCUT2D eigenvalue weighted by Gasteiger charge is 2.13. The van der Waals surface area contributed by atoms with Crippen molar-refractivity contribution in [2.45, 2.75) is 0 Å². The average molecular weight is 484 g/mol.